The highest BCUT2D eigenvalue weighted by Crippen LogP contribution is 2.42. The third-order valence-corrected chi connectivity index (χ3v) is 5.39. The number of nitrogens with one attached hydrogen (secondary N) is 1. The van der Waals surface area contributed by atoms with Crippen molar-refractivity contribution in [2.75, 3.05) is 5.32 Å². The molecule has 1 aliphatic rings. The molecule has 1 aromatic carbocycles. The summed E-state index contributed by atoms with van der Waals surface area (Å²) in [5.41, 5.74) is 4.04. The summed E-state index contributed by atoms with van der Waals surface area (Å²) in [4.78, 5) is 17.0. The predicted octanol–water partition coefficient (Wildman–Crippen LogP) is 5.38. The van der Waals surface area contributed by atoms with Gasteiger partial charge in [-0.15, -0.1) is 0 Å². The third kappa shape index (κ3) is 3.25. The predicted molar refractivity (Wildman–Crippen MR) is 110 cm³/mol. The number of rotatable bonds is 4. The zero-order chi connectivity index (χ0) is 20.0. The van der Waals surface area contributed by atoms with Gasteiger partial charge in [-0.3, -0.25) is 4.79 Å². The fourth-order valence-corrected chi connectivity index (χ4v) is 3.74. The SMILES string of the molecule is Cc1cc([C@@H](C)Nc2ccc(Cl)nc2C#N)c2oc(C3CC3)c(C)c(=O)c2c1. The van der Waals surface area contributed by atoms with Gasteiger partial charge in [0.2, 0.25) is 0 Å². The number of aryl methyl sites for hydroxylation is 1. The second-order valence-corrected chi connectivity index (χ2v) is 7.82. The molecular formula is C22H20ClN3O2. The Kier molecular flexibility index (Phi) is 4.60. The first-order valence-corrected chi connectivity index (χ1v) is 9.68. The van der Waals surface area contributed by atoms with Crippen LogP contribution in [0.2, 0.25) is 5.15 Å². The topological polar surface area (TPSA) is 78.9 Å². The van der Waals surface area contributed by atoms with E-state index in [0.29, 0.717) is 28.1 Å². The first-order valence-electron chi connectivity index (χ1n) is 9.30. The van der Waals surface area contributed by atoms with Crippen LogP contribution in [0.25, 0.3) is 11.0 Å². The molecule has 1 atom stereocenters. The van der Waals surface area contributed by atoms with Gasteiger partial charge in [0.25, 0.3) is 0 Å². The summed E-state index contributed by atoms with van der Waals surface area (Å²) in [6.07, 6.45) is 2.12. The van der Waals surface area contributed by atoms with E-state index in [-0.39, 0.29) is 22.3 Å². The molecule has 0 saturated heterocycles. The zero-order valence-corrected chi connectivity index (χ0v) is 16.7. The molecule has 1 fully saturated rings. The average molecular weight is 394 g/mol. The van der Waals surface area contributed by atoms with Gasteiger partial charge in [-0.05, 0) is 57.4 Å². The molecule has 0 unspecified atom stereocenters. The van der Waals surface area contributed by atoms with Crippen LogP contribution < -0.4 is 10.7 Å². The maximum absolute atomic E-state index is 13.0. The molecule has 0 radical (unpaired) electrons. The van der Waals surface area contributed by atoms with Crippen LogP contribution in [0.4, 0.5) is 5.69 Å². The van der Waals surface area contributed by atoms with Gasteiger partial charge in [-0.1, -0.05) is 17.7 Å². The molecule has 6 heteroatoms. The van der Waals surface area contributed by atoms with Crippen molar-refractivity contribution in [3.8, 4) is 6.07 Å². The maximum Gasteiger partial charge on any atom is 0.195 e. The number of aromatic nitrogens is 1. The minimum Gasteiger partial charge on any atom is -0.460 e. The molecule has 0 bridgehead atoms. The quantitative estimate of drug-likeness (QED) is 0.602. The van der Waals surface area contributed by atoms with Crippen molar-refractivity contribution in [1.82, 2.24) is 4.98 Å². The lowest BCUT2D eigenvalue weighted by molar-refractivity contribution is 0.527. The van der Waals surface area contributed by atoms with E-state index in [1.165, 1.54) is 0 Å². The van der Waals surface area contributed by atoms with Crippen LogP contribution in [-0.4, -0.2) is 4.98 Å². The summed E-state index contributed by atoms with van der Waals surface area (Å²) >= 11 is 5.89. The Bertz CT molecular complexity index is 1190. The minimum atomic E-state index is -0.199. The second kappa shape index (κ2) is 6.96. The monoisotopic (exact) mass is 393 g/mol. The van der Waals surface area contributed by atoms with Crippen LogP contribution in [0.1, 0.15) is 59.9 Å². The van der Waals surface area contributed by atoms with Gasteiger partial charge in [0, 0.05) is 17.0 Å². The molecular weight excluding hydrogens is 374 g/mol. The standard InChI is InChI=1S/C22H20ClN3O2/c1-11-8-15(13(3)25-17-6-7-19(23)26-18(17)10-24)22-16(9-11)20(27)12(2)21(28-22)14-4-5-14/h6-9,13-14,25H,4-5H2,1-3H3/t13-/m1/s1. The number of benzene rings is 1. The van der Waals surface area contributed by atoms with Gasteiger partial charge in [-0.25, -0.2) is 4.98 Å². The summed E-state index contributed by atoms with van der Waals surface area (Å²) < 4.78 is 6.28. The third-order valence-electron chi connectivity index (χ3n) is 5.18. The molecule has 1 aliphatic carbocycles. The van der Waals surface area contributed by atoms with E-state index in [1.54, 1.807) is 12.1 Å². The fraction of sp³-hybridized carbons (Fsp3) is 0.318. The molecule has 0 aliphatic heterocycles. The first-order chi connectivity index (χ1) is 13.4. The van der Waals surface area contributed by atoms with Crippen molar-refractivity contribution < 1.29 is 4.42 Å². The van der Waals surface area contributed by atoms with Crippen molar-refractivity contribution in [2.24, 2.45) is 0 Å². The molecule has 1 N–H and O–H groups in total. The van der Waals surface area contributed by atoms with Crippen LogP contribution in [0.3, 0.4) is 0 Å². The highest BCUT2D eigenvalue weighted by Gasteiger charge is 2.30. The molecule has 0 amide bonds. The van der Waals surface area contributed by atoms with Crippen LogP contribution in [-0.2, 0) is 0 Å². The highest BCUT2D eigenvalue weighted by atomic mass is 35.5. The number of halogens is 1. The number of nitrogens with zero attached hydrogens (tertiary/aromatic N) is 2. The van der Waals surface area contributed by atoms with Crippen LogP contribution in [0, 0.1) is 25.2 Å². The smallest absolute Gasteiger partial charge is 0.195 e. The Labute approximate surface area is 168 Å². The van der Waals surface area contributed by atoms with E-state index in [1.807, 2.05) is 32.9 Å². The van der Waals surface area contributed by atoms with E-state index < -0.39 is 0 Å². The molecule has 4 rings (SSSR count). The van der Waals surface area contributed by atoms with E-state index in [2.05, 4.69) is 16.4 Å². The van der Waals surface area contributed by atoms with Gasteiger partial charge >= 0.3 is 0 Å². The number of hydrogen-bond acceptors (Lipinski definition) is 5. The van der Waals surface area contributed by atoms with E-state index in [9.17, 15) is 10.1 Å². The normalized spacial score (nSPS) is 14.7. The Morgan fingerprint density at radius 1 is 1.32 bits per heavy atom. The molecule has 142 valence electrons. The molecule has 2 heterocycles. The zero-order valence-electron chi connectivity index (χ0n) is 16.0. The lowest BCUT2D eigenvalue weighted by Crippen LogP contribution is -2.13. The summed E-state index contributed by atoms with van der Waals surface area (Å²) in [5.74, 6) is 1.15. The van der Waals surface area contributed by atoms with Gasteiger partial charge in [-0.2, -0.15) is 5.26 Å². The molecule has 1 saturated carbocycles. The minimum absolute atomic E-state index is 0.0335. The number of hydrogen-bond donors (Lipinski definition) is 1. The van der Waals surface area contributed by atoms with Gasteiger partial charge < -0.3 is 9.73 Å². The van der Waals surface area contributed by atoms with Gasteiger partial charge in [0.1, 0.15) is 22.6 Å². The summed E-state index contributed by atoms with van der Waals surface area (Å²) in [6.45, 7) is 5.78. The van der Waals surface area contributed by atoms with E-state index >= 15 is 0 Å². The first kappa shape index (κ1) is 18.5. The van der Waals surface area contributed by atoms with E-state index in [4.69, 9.17) is 16.0 Å². The van der Waals surface area contributed by atoms with Crippen molar-refractivity contribution in [3.05, 3.63) is 67.8 Å². The van der Waals surface area contributed by atoms with Crippen molar-refractivity contribution in [2.45, 2.75) is 45.6 Å². The Morgan fingerprint density at radius 3 is 2.75 bits per heavy atom. The summed E-state index contributed by atoms with van der Waals surface area (Å²) in [7, 11) is 0. The van der Waals surface area contributed by atoms with Crippen LogP contribution >= 0.6 is 11.6 Å². The summed E-state index contributed by atoms with van der Waals surface area (Å²) in [6, 6.07) is 9.13. The lowest BCUT2D eigenvalue weighted by Gasteiger charge is -2.19. The highest BCUT2D eigenvalue weighted by molar-refractivity contribution is 6.29. The van der Waals surface area contributed by atoms with Crippen LogP contribution in [0.15, 0.2) is 33.5 Å². The Balaban J connectivity index is 1.84. The molecule has 2 aromatic heterocycles. The van der Waals surface area contributed by atoms with E-state index in [0.717, 1.165) is 29.7 Å². The average Bonchev–Trinajstić information content (AvgIpc) is 3.50. The number of pyridine rings is 1. The largest absolute Gasteiger partial charge is 0.460 e. The second-order valence-electron chi connectivity index (χ2n) is 7.43. The molecule has 28 heavy (non-hydrogen) atoms. The maximum atomic E-state index is 13.0. The molecule has 3 aromatic rings. The van der Waals surface area contributed by atoms with Crippen molar-refractivity contribution >= 4 is 28.3 Å². The Morgan fingerprint density at radius 2 is 2.07 bits per heavy atom. The summed E-state index contributed by atoms with van der Waals surface area (Å²) in [5, 5.41) is 13.5. The molecule has 0 spiro atoms. The van der Waals surface area contributed by atoms with Crippen molar-refractivity contribution in [3.63, 3.8) is 0 Å². The number of anilines is 1. The number of fused-ring (bicyclic) bond motifs is 1. The fourth-order valence-electron chi connectivity index (χ4n) is 3.59. The van der Waals surface area contributed by atoms with Gasteiger partial charge in [0.15, 0.2) is 11.1 Å². The van der Waals surface area contributed by atoms with Crippen LogP contribution in [0.5, 0.6) is 0 Å². The van der Waals surface area contributed by atoms with Gasteiger partial charge in [0.05, 0.1) is 17.1 Å². The van der Waals surface area contributed by atoms with Crippen molar-refractivity contribution in [1.29, 1.82) is 5.26 Å². The number of nitriles is 1. The molecule has 5 nitrogen and oxygen atoms in total. The lowest BCUT2D eigenvalue weighted by atomic mass is 9.99. The Hall–Kier alpha value is -2.84.